The van der Waals surface area contributed by atoms with Crippen molar-refractivity contribution in [1.82, 2.24) is 0 Å². The summed E-state index contributed by atoms with van der Waals surface area (Å²) in [7, 11) is 0. The normalized spacial score (nSPS) is 36.1. The van der Waals surface area contributed by atoms with E-state index in [1.54, 1.807) is 0 Å². The van der Waals surface area contributed by atoms with Gasteiger partial charge in [-0.05, 0) is 120 Å². The van der Waals surface area contributed by atoms with Crippen molar-refractivity contribution in [3.05, 3.63) is 0 Å². The molecule has 6 heteroatoms. The Morgan fingerprint density at radius 1 is 0.185 bits per heavy atom. The van der Waals surface area contributed by atoms with E-state index in [-0.39, 0.29) is 25.4 Å². The fraction of sp³-hybridized carbons (Fsp3) is 1.00. The summed E-state index contributed by atoms with van der Waals surface area (Å²) in [4.78, 5) is 0. The Bertz CT molecular complexity index is 1410. The van der Waals surface area contributed by atoms with E-state index in [2.05, 4.69) is 111 Å². The predicted molar refractivity (Wildman–Crippen MR) is 405 cm³/mol. The zero-order valence-electron chi connectivity index (χ0n) is 65.7. The summed E-state index contributed by atoms with van der Waals surface area (Å²) in [5.74, 6) is 12.9. The van der Waals surface area contributed by atoms with Gasteiger partial charge in [0, 0.05) is 26.4 Å². The van der Waals surface area contributed by atoms with E-state index in [1.165, 1.54) is 257 Å². The van der Waals surface area contributed by atoms with E-state index in [4.69, 9.17) is 18.9 Å². The molecule has 0 bridgehead atoms. The molecule has 0 aromatic carbocycles. The average molecular weight is 1300 g/mol. The molecule has 1 aliphatic heterocycles. The smallest absolute Gasteiger partial charge is 0.104 e. The molecule has 0 aromatic heterocycles. The predicted octanol–water partition coefficient (Wildman–Crippen LogP) is 26.1. The van der Waals surface area contributed by atoms with Crippen molar-refractivity contribution in [3.8, 4) is 0 Å². The molecule has 0 unspecified atom stereocenters. The summed E-state index contributed by atoms with van der Waals surface area (Å²) >= 11 is 0. The molecule has 1 saturated heterocycles. The Labute approximate surface area is 579 Å². The van der Waals surface area contributed by atoms with Gasteiger partial charge in [0.15, 0.2) is 0 Å². The van der Waals surface area contributed by atoms with Crippen molar-refractivity contribution in [3.63, 3.8) is 0 Å². The maximum atomic E-state index is 10.0. The van der Waals surface area contributed by atoms with Gasteiger partial charge in [0.1, 0.15) is 12.2 Å². The molecule has 1 aliphatic rings. The van der Waals surface area contributed by atoms with Gasteiger partial charge < -0.3 is 29.2 Å². The summed E-state index contributed by atoms with van der Waals surface area (Å²) in [6, 6.07) is 0. The van der Waals surface area contributed by atoms with Crippen LogP contribution in [0.15, 0.2) is 0 Å². The first-order chi connectivity index (χ1) is 44.2. The molecular formula is C86H172O6. The van der Waals surface area contributed by atoms with Gasteiger partial charge in [-0.1, -0.05) is 368 Å². The van der Waals surface area contributed by atoms with Gasteiger partial charge in [-0.2, -0.15) is 0 Å². The third kappa shape index (κ3) is 56.6. The van der Waals surface area contributed by atoms with Crippen molar-refractivity contribution < 1.29 is 29.2 Å². The SMILES string of the molecule is C[C@@H]1CCC[C@H](C)CCC[C@H](C)CC[C@@H](C)CCC[C@@H](C)CCC[C@@H](C)CCC[C@@H](C)CCOC[C@@H](CO)OCC[C@H](C)CCC[C@H](C)CCC[C@H](C)CCC[C@H](C)CC[C@@H](C)CCC[C@@H](C)CCC[C@@H](C)CCC[C@@H](C)CCO[C@H](CO)COCC[C@H](C)CCC1. The summed E-state index contributed by atoms with van der Waals surface area (Å²) in [5.41, 5.74) is 0. The maximum absolute atomic E-state index is 10.0. The molecule has 1 fully saturated rings. The Morgan fingerprint density at radius 3 is 0.467 bits per heavy atom. The van der Waals surface area contributed by atoms with Crippen LogP contribution in [0.2, 0.25) is 0 Å². The first-order valence-electron chi connectivity index (χ1n) is 41.8. The van der Waals surface area contributed by atoms with Crippen LogP contribution < -0.4 is 0 Å². The van der Waals surface area contributed by atoms with Crippen molar-refractivity contribution in [2.45, 2.75) is 406 Å². The third-order valence-electron chi connectivity index (χ3n) is 23.5. The second kappa shape index (κ2) is 60.7. The van der Waals surface area contributed by atoms with Crippen LogP contribution in [0.4, 0.5) is 0 Å². The molecule has 552 valence electrons. The van der Waals surface area contributed by atoms with Crippen molar-refractivity contribution in [2.75, 3.05) is 52.9 Å². The van der Waals surface area contributed by atoms with Crippen LogP contribution in [0.25, 0.3) is 0 Å². The van der Waals surface area contributed by atoms with Gasteiger partial charge in [-0.3, -0.25) is 0 Å². The van der Waals surface area contributed by atoms with E-state index in [0.717, 1.165) is 123 Å². The molecule has 92 heavy (non-hydrogen) atoms. The Hall–Kier alpha value is -0.240. The highest BCUT2D eigenvalue weighted by Crippen LogP contribution is 2.31. The van der Waals surface area contributed by atoms with Crippen LogP contribution in [0.1, 0.15) is 393 Å². The van der Waals surface area contributed by atoms with Gasteiger partial charge >= 0.3 is 0 Å². The van der Waals surface area contributed by atoms with Gasteiger partial charge in [0.2, 0.25) is 0 Å². The fourth-order valence-corrected chi connectivity index (χ4v) is 15.4. The molecule has 6 nitrogen and oxygen atoms in total. The standard InChI is InChI=1S/C86H172O6/c1-69-29-17-33-73(5)41-25-49-81(13)57-61-89-67-85(65-87)91-63-59-83(15)51-27-43-75(7)35-19-31-71(3)39-23-47-79(11)55-56-80(12)48-24-40-72(4)32-20-36-76(8)44-28-52-84(16)60-64-92-86(66-88)68-90-62-58-82(14)50-26-42-74(6)34-18-30-70(2)38-22-46-78(10)54-53-77(9)45-21-37-69/h69-88H,17-68H2,1-16H3/t69-,70-,71-,72-,73+,74+,75+,76+,77-,78-,79-,80-,81+,82+,83+,84+,85+,86+/m0/s1. The van der Waals surface area contributed by atoms with Gasteiger partial charge in [-0.15, -0.1) is 0 Å². The lowest BCUT2D eigenvalue weighted by Crippen LogP contribution is -2.25. The van der Waals surface area contributed by atoms with E-state index in [9.17, 15) is 10.2 Å². The molecule has 0 amide bonds. The Morgan fingerprint density at radius 2 is 0.315 bits per heavy atom. The Balaban J connectivity index is 2.51. The highest BCUT2D eigenvalue weighted by molar-refractivity contribution is 4.70. The molecule has 0 radical (unpaired) electrons. The molecule has 18 atom stereocenters. The van der Waals surface area contributed by atoms with E-state index < -0.39 is 0 Å². The topological polar surface area (TPSA) is 77.4 Å². The number of ether oxygens (including phenoxy) is 4. The fourth-order valence-electron chi connectivity index (χ4n) is 15.4. The molecule has 1 heterocycles. The minimum Gasteiger partial charge on any atom is -0.394 e. The van der Waals surface area contributed by atoms with Gasteiger partial charge in [-0.25, -0.2) is 0 Å². The maximum Gasteiger partial charge on any atom is 0.104 e. The molecular weight excluding hydrogens is 1130 g/mol. The second-order valence-electron chi connectivity index (χ2n) is 34.7. The first kappa shape index (κ1) is 89.8. The minimum absolute atomic E-state index is 0.0414. The highest BCUT2D eigenvalue weighted by Gasteiger charge is 2.18. The Kier molecular flexibility index (Phi) is 59.2. The average Bonchev–Trinajstić information content (AvgIpc) is 3.70. The number of hydrogen-bond acceptors (Lipinski definition) is 6. The largest absolute Gasteiger partial charge is 0.394 e. The number of hydrogen-bond donors (Lipinski definition) is 2. The molecule has 2 N–H and O–H groups in total. The monoisotopic (exact) mass is 1300 g/mol. The van der Waals surface area contributed by atoms with Crippen LogP contribution in [-0.2, 0) is 18.9 Å². The zero-order valence-corrected chi connectivity index (χ0v) is 65.7. The highest BCUT2D eigenvalue weighted by atomic mass is 16.5. The van der Waals surface area contributed by atoms with Crippen molar-refractivity contribution in [2.24, 2.45) is 94.7 Å². The van der Waals surface area contributed by atoms with E-state index in [1.807, 2.05) is 0 Å². The van der Waals surface area contributed by atoms with Gasteiger partial charge in [0.05, 0.1) is 26.4 Å². The van der Waals surface area contributed by atoms with E-state index in [0.29, 0.717) is 36.9 Å². The van der Waals surface area contributed by atoms with Crippen LogP contribution in [0, 0.1) is 94.7 Å². The summed E-state index contributed by atoms with van der Waals surface area (Å²) < 4.78 is 24.4. The van der Waals surface area contributed by atoms with Gasteiger partial charge in [0.25, 0.3) is 0 Å². The lowest BCUT2D eigenvalue weighted by Gasteiger charge is -2.19. The van der Waals surface area contributed by atoms with Crippen molar-refractivity contribution in [1.29, 1.82) is 0 Å². The quantitative estimate of drug-likeness (QED) is 0.287. The third-order valence-corrected chi connectivity index (χ3v) is 23.5. The molecule has 1 rings (SSSR count). The lowest BCUT2D eigenvalue weighted by molar-refractivity contribution is -0.0471. The van der Waals surface area contributed by atoms with Crippen LogP contribution in [-0.4, -0.2) is 75.3 Å². The molecule has 0 aliphatic carbocycles. The summed E-state index contributed by atoms with van der Waals surface area (Å²) in [5, 5.41) is 20.1. The number of rotatable bonds is 2. The first-order valence-corrected chi connectivity index (χ1v) is 41.8. The second-order valence-corrected chi connectivity index (χ2v) is 34.7. The molecule has 0 saturated carbocycles. The van der Waals surface area contributed by atoms with Crippen molar-refractivity contribution >= 4 is 0 Å². The minimum atomic E-state index is -0.204. The molecule has 0 aromatic rings. The van der Waals surface area contributed by atoms with Crippen LogP contribution >= 0.6 is 0 Å². The zero-order chi connectivity index (χ0) is 68.0. The number of aliphatic hydroxyl groups excluding tert-OH is 2. The van der Waals surface area contributed by atoms with E-state index >= 15 is 0 Å². The van der Waals surface area contributed by atoms with Crippen LogP contribution in [0.5, 0.6) is 0 Å². The number of aliphatic hydroxyl groups is 2. The van der Waals surface area contributed by atoms with Crippen LogP contribution in [0.3, 0.4) is 0 Å². The lowest BCUT2D eigenvalue weighted by atomic mass is 9.88. The molecule has 0 spiro atoms. The summed E-state index contributed by atoms with van der Waals surface area (Å²) in [6.45, 7) is 43.7. The summed E-state index contributed by atoms with van der Waals surface area (Å²) in [6.07, 6.45) is 59.0.